The number of carboxylic acid groups (broad SMARTS) is 2. The van der Waals surface area contributed by atoms with E-state index in [0.29, 0.717) is 12.2 Å². The molecule has 0 spiro atoms. The molecule has 0 unspecified atom stereocenters. The number of aliphatic imine (C=N–C) groups is 1. The first-order valence-electron chi connectivity index (χ1n) is 7.38. The lowest BCUT2D eigenvalue weighted by Gasteiger charge is -2.12. The monoisotopic (exact) mass is 326 g/mol. The number of rotatable bonds is 3. The van der Waals surface area contributed by atoms with E-state index in [1.54, 1.807) is 0 Å². The summed E-state index contributed by atoms with van der Waals surface area (Å²) in [5.41, 5.74) is 4.96. The topological polar surface area (TPSA) is 91.9 Å². The molecule has 0 aliphatic carbocycles. The third kappa shape index (κ3) is 4.67. The van der Waals surface area contributed by atoms with Crippen molar-refractivity contribution in [2.45, 2.75) is 13.5 Å². The molecule has 1 aromatic heterocycles. The minimum Gasteiger partial charge on any atom is -0.478 e. The van der Waals surface area contributed by atoms with Gasteiger partial charge < -0.3 is 14.8 Å². The fourth-order valence-corrected chi connectivity index (χ4v) is 2.34. The molecule has 0 radical (unpaired) electrons. The molecule has 2 N–H and O–H groups in total. The van der Waals surface area contributed by atoms with Gasteiger partial charge in [-0.05, 0) is 18.6 Å². The van der Waals surface area contributed by atoms with Crippen molar-refractivity contribution in [1.29, 1.82) is 0 Å². The van der Waals surface area contributed by atoms with Gasteiger partial charge in [-0.1, -0.05) is 30.3 Å². The van der Waals surface area contributed by atoms with Crippen molar-refractivity contribution in [2.24, 2.45) is 4.99 Å². The van der Waals surface area contributed by atoms with Crippen LogP contribution in [-0.4, -0.2) is 39.0 Å². The molecule has 1 aromatic carbocycles. The maximum absolute atomic E-state index is 9.55. The SMILES string of the molecule is CC1=NCCn2cc(-c3ccccc3)cc21.O=C(O)/C=C/C(=O)O. The molecule has 2 heterocycles. The highest BCUT2D eigenvalue weighted by Gasteiger charge is 2.12. The number of carboxylic acids is 2. The van der Waals surface area contributed by atoms with E-state index in [4.69, 9.17) is 10.2 Å². The number of hydrogen-bond donors (Lipinski definition) is 2. The van der Waals surface area contributed by atoms with Crippen molar-refractivity contribution in [3.05, 3.63) is 60.4 Å². The van der Waals surface area contributed by atoms with Gasteiger partial charge >= 0.3 is 11.9 Å². The van der Waals surface area contributed by atoms with E-state index in [-0.39, 0.29) is 0 Å². The van der Waals surface area contributed by atoms with E-state index in [1.807, 2.05) is 6.07 Å². The van der Waals surface area contributed by atoms with E-state index in [1.165, 1.54) is 16.8 Å². The summed E-state index contributed by atoms with van der Waals surface area (Å²) >= 11 is 0. The Labute approximate surface area is 139 Å². The van der Waals surface area contributed by atoms with Gasteiger partial charge in [0.2, 0.25) is 0 Å². The zero-order valence-corrected chi connectivity index (χ0v) is 13.2. The second-order valence-corrected chi connectivity index (χ2v) is 5.15. The minimum absolute atomic E-state index is 0.558. The van der Waals surface area contributed by atoms with Crippen LogP contribution in [0.15, 0.2) is 59.7 Å². The van der Waals surface area contributed by atoms with Crippen LogP contribution < -0.4 is 0 Å². The fourth-order valence-electron chi connectivity index (χ4n) is 2.34. The molecule has 124 valence electrons. The molecule has 1 aliphatic rings. The summed E-state index contributed by atoms with van der Waals surface area (Å²) in [7, 11) is 0. The molecule has 0 bridgehead atoms. The summed E-state index contributed by atoms with van der Waals surface area (Å²) in [5.74, 6) is -2.51. The van der Waals surface area contributed by atoms with Crippen molar-refractivity contribution >= 4 is 17.7 Å². The van der Waals surface area contributed by atoms with Gasteiger partial charge in [-0.2, -0.15) is 0 Å². The molecule has 6 heteroatoms. The number of aromatic nitrogens is 1. The Balaban J connectivity index is 0.000000224. The smallest absolute Gasteiger partial charge is 0.328 e. The third-order valence-electron chi connectivity index (χ3n) is 3.43. The molecule has 0 saturated carbocycles. The Kier molecular flexibility index (Phi) is 5.68. The lowest BCUT2D eigenvalue weighted by atomic mass is 10.1. The predicted molar refractivity (Wildman–Crippen MR) is 91.4 cm³/mol. The molecule has 1 aliphatic heterocycles. The first-order chi connectivity index (χ1) is 11.5. The van der Waals surface area contributed by atoms with Gasteiger partial charge in [-0.15, -0.1) is 0 Å². The average Bonchev–Trinajstić information content (AvgIpc) is 3.00. The van der Waals surface area contributed by atoms with E-state index in [9.17, 15) is 9.59 Å². The Hall–Kier alpha value is -3.15. The summed E-state index contributed by atoms with van der Waals surface area (Å²) in [6.07, 6.45) is 3.34. The maximum atomic E-state index is 9.55. The van der Waals surface area contributed by atoms with Crippen molar-refractivity contribution in [3.8, 4) is 11.1 Å². The zero-order chi connectivity index (χ0) is 17.5. The van der Waals surface area contributed by atoms with Crippen LogP contribution in [0.1, 0.15) is 12.6 Å². The van der Waals surface area contributed by atoms with Crippen molar-refractivity contribution in [2.75, 3.05) is 6.54 Å². The first kappa shape index (κ1) is 17.2. The molecule has 2 aromatic rings. The van der Waals surface area contributed by atoms with E-state index < -0.39 is 11.9 Å². The lowest BCUT2D eigenvalue weighted by molar-refractivity contribution is -0.134. The van der Waals surface area contributed by atoms with Gasteiger partial charge in [0.1, 0.15) is 0 Å². The summed E-state index contributed by atoms with van der Waals surface area (Å²) < 4.78 is 2.30. The second kappa shape index (κ2) is 7.92. The molecule has 0 atom stereocenters. The molecule has 0 fully saturated rings. The highest BCUT2D eigenvalue weighted by molar-refractivity contribution is 5.99. The number of benzene rings is 1. The number of carbonyl (C=O) groups is 2. The fraction of sp³-hybridized carbons (Fsp3) is 0.167. The van der Waals surface area contributed by atoms with E-state index in [0.717, 1.165) is 18.8 Å². The van der Waals surface area contributed by atoms with Crippen molar-refractivity contribution in [3.63, 3.8) is 0 Å². The Morgan fingerprint density at radius 3 is 2.25 bits per heavy atom. The summed E-state index contributed by atoms with van der Waals surface area (Å²) in [6, 6.07) is 12.7. The summed E-state index contributed by atoms with van der Waals surface area (Å²) in [6.45, 7) is 3.99. The predicted octanol–water partition coefficient (Wildman–Crippen LogP) is 2.69. The van der Waals surface area contributed by atoms with Crippen LogP contribution in [0.3, 0.4) is 0 Å². The number of hydrogen-bond acceptors (Lipinski definition) is 3. The molecule has 6 nitrogen and oxygen atoms in total. The Morgan fingerprint density at radius 1 is 1.08 bits per heavy atom. The van der Waals surface area contributed by atoms with Gasteiger partial charge in [-0.25, -0.2) is 9.59 Å². The van der Waals surface area contributed by atoms with Crippen LogP contribution in [-0.2, 0) is 16.1 Å². The minimum atomic E-state index is -1.26. The highest BCUT2D eigenvalue weighted by atomic mass is 16.4. The molecule has 0 amide bonds. The molecular weight excluding hydrogens is 308 g/mol. The average molecular weight is 326 g/mol. The van der Waals surface area contributed by atoms with Crippen LogP contribution in [0, 0.1) is 0 Å². The van der Waals surface area contributed by atoms with Crippen LogP contribution in [0.25, 0.3) is 11.1 Å². The Morgan fingerprint density at radius 2 is 1.71 bits per heavy atom. The summed E-state index contributed by atoms with van der Waals surface area (Å²) in [4.78, 5) is 23.6. The quantitative estimate of drug-likeness (QED) is 0.848. The van der Waals surface area contributed by atoms with Crippen LogP contribution >= 0.6 is 0 Å². The molecule has 24 heavy (non-hydrogen) atoms. The van der Waals surface area contributed by atoms with Crippen LogP contribution in [0.4, 0.5) is 0 Å². The molecule has 3 rings (SSSR count). The van der Waals surface area contributed by atoms with E-state index in [2.05, 4.69) is 53.0 Å². The molecule has 0 saturated heterocycles. The molecular formula is C18H18N2O4. The lowest BCUT2D eigenvalue weighted by Crippen LogP contribution is -2.14. The third-order valence-corrected chi connectivity index (χ3v) is 3.43. The largest absolute Gasteiger partial charge is 0.478 e. The highest BCUT2D eigenvalue weighted by Crippen LogP contribution is 2.23. The van der Waals surface area contributed by atoms with Gasteiger partial charge in [0, 0.05) is 30.5 Å². The summed E-state index contributed by atoms with van der Waals surface area (Å²) in [5, 5.41) is 15.6. The first-order valence-corrected chi connectivity index (χ1v) is 7.38. The normalized spacial score (nSPS) is 12.8. The van der Waals surface area contributed by atoms with Crippen molar-refractivity contribution in [1.82, 2.24) is 4.57 Å². The number of aliphatic carboxylic acids is 2. The van der Waals surface area contributed by atoms with Crippen molar-refractivity contribution < 1.29 is 19.8 Å². The van der Waals surface area contributed by atoms with Gasteiger partial charge in [-0.3, -0.25) is 4.99 Å². The van der Waals surface area contributed by atoms with Gasteiger partial charge in [0.05, 0.1) is 18.0 Å². The number of nitrogens with zero attached hydrogens (tertiary/aromatic N) is 2. The number of fused-ring (bicyclic) bond motifs is 1. The van der Waals surface area contributed by atoms with E-state index >= 15 is 0 Å². The van der Waals surface area contributed by atoms with Crippen LogP contribution in [0.2, 0.25) is 0 Å². The van der Waals surface area contributed by atoms with Gasteiger partial charge in [0.15, 0.2) is 0 Å². The standard InChI is InChI=1S/C14H14N2.C4H4O4/c1-11-14-9-13(10-16(14)8-7-15-11)12-5-3-2-4-6-12;5-3(6)1-2-4(7)8/h2-6,9-10H,7-8H2,1H3;1-2H,(H,5,6)(H,7,8)/b;2-1+. The maximum Gasteiger partial charge on any atom is 0.328 e. The van der Waals surface area contributed by atoms with Crippen LogP contribution in [0.5, 0.6) is 0 Å². The van der Waals surface area contributed by atoms with Gasteiger partial charge in [0.25, 0.3) is 0 Å². The Bertz CT molecular complexity index is 773. The zero-order valence-electron chi connectivity index (χ0n) is 13.2. The second-order valence-electron chi connectivity index (χ2n) is 5.15.